The lowest BCUT2D eigenvalue weighted by Crippen LogP contribution is -2.46. The molecule has 5 nitrogen and oxygen atoms in total. The van der Waals surface area contributed by atoms with Gasteiger partial charge < -0.3 is 10.0 Å². The molecule has 1 N–H and O–H groups in total. The highest BCUT2D eigenvalue weighted by molar-refractivity contribution is 5.94. The molecular formula is C19H23N3O2. The van der Waals surface area contributed by atoms with Crippen molar-refractivity contribution in [1.29, 1.82) is 0 Å². The average molecular weight is 325 g/mol. The summed E-state index contributed by atoms with van der Waals surface area (Å²) in [7, 11) is 0. The molecule has 1 aliphatic heterocycles. The lowest BCUT2D eigenvalue weighted by Gasteiger charge is -2.34. The van der Waals surface area contributed by atoms with Gasteiger partial charge in [0.15, 0.2) is 5.69 Å². The van der Waals surface area contributed by atoms with Crippen molar-refractivity contribution in [3.63, 3.8) is 0 Å². The molecule has 126 valence electrons. The van der Waals surface area contributed by atoms with E-state index in [1.54, 1.807) is 4.90 Å². The van der Waals surface area contributed by atoms with Crippen LogP contribution in [0.2, 0.25) is 0 Å². The summed E-state index contributed by atoms with van der Waals surface area (Å²) in [5.74, 6) is 0.218. The average Bonchev–Trinajstić information content (AvgIpc) is 3.20. The maximum Gasteiger partial charge on any atom is 0.274 e. The first-order valence-corrected chi connectivity index (χ1v) is 8.78. The van der Waals surface area contributed by atoms with Crippen LogP contribution in [0.3, 0.4) is 0 Å². The predicted molar refractivity (Wildman–Crippen MR) is 91.3 cm³/mol. The number of piperidine rings is 1. The van der Waals surface area contributed by atoms with Gasteiger partial charge in [-0.25, -0.2) is 4.68 Å². The van der Waals surface area contributed by atoms with Crippen molar-refractivity contribution in [2.24, 2.45) is 5.92 Å². The number of aromatic nitrogens is 2. The number of aliphatic hydroxyl groups excluding tert-OH is 1. The van der Waals surface area contributed by atoms with Gasteiger partial charge >= 0.3 is 0 Å². The van der Waals surface area contributed by atoms with E-state index in [1.165, 1.54) is 0 Å². The number of benzene rings is 1. The second-order valence-corrected chi connectivity index (χ2v) is 6.96. The minimum Gasteiger partial charge on any atom is -0.391 e. The lowest BCUT2D eigenvalue weighted by atomic mass is 9.95. The number of fused-ring (bicyclic) bond motifs is 1. The fourth-order valence-electron chi connectivity index (χ4n) is 3.78. The zero-order chi connectivity index (χ0) is 16.7. The Hall–Kier alpha value is -2.14. The van der Waals surface area contributed by atoms with E-state index in [-0.39, 0.29) is 11.8 Å². The molecule has 4 rings (SSSR count). The van der Waals surface area contributed by atoms with E-state index in [0.29, 0.717) is 18.8 Å². The third-order valence-corrected chi connectivity index (χ3v) is 5.34. The molecule has 2 heterocycles. The molecule has 24 heavy (non-hydrogen) atoms. The zero-order valence-electron chi connectivity index (χ0n) is 14.0. The first kappa shape index (κ1) is 15.4. The van der Waals surface area contributed by atoms with Crippen LogP contribution in [-0.4, -0.2) is 44.9 Å². The zero-order valence-corrected chi connectivity index (χ0v) is 14.0. The van der Waals surface area contributed by atoms with Crippen LogP contribution in [-0.2, 0) is 12.8 Å². The summed E-state index contributed by atoms with van der Waals surface area (Å²) in [6, 6.07) is 10.00. The number of rotatable bonds is 2. The Morgan fingerprint density at radius 2 is 2.04 bits per heavy atom. The highest BCUT2D eigenvalue weighted by Gasteiger charge is 2.33. The van der Waals surface area contributed by atoms with Gasteiger partial charge in [0.1, 0.15) is 0 Å². The number of para-hydroxylation sites is 1. The van der Waals surface area contributed by atoms with Crippen LogP contribution in [0.25, 0.3) is 5.69 Å². The van der Waals surface area contributed by atoms with E-state index in [2.05, 4.69) is 5.10 Å². The fraction of sp³-hybridized carbons (Fsp3) is 0.474. The Morgan fingerprint density at radius 1 is 1.25 bits per heavy atom. The molecule has 1 aliphatic carbocycles. The van der Waals surface area contributed by atoms with E-state index in [9.17, 15) is 9.90 Å². The number of carbonyl (C=O) groups is 1. The second-order valence-electron chi connectivity index (χ2n) is 6.96. The molecule has 1 aromatic heterocycles. The summed E-state index contributed by atoms with van der Waals surface area (Å²) in [6.07, 6.45) is 3.35. The summed E-state index contributed by atoms with van der Waals surface area (Å²) in [4.78, 5) is 14.8. The molecular weight excluding hydrogens is 302 g/mol. The van der Waals surface area contributed by atoms with Gasteiger partial charge in [0.05, 0.1) is 11.8 Å². The van der Waals surface area contributed by atoms with Crippen molar-refractivity contribution in [1.82, 2.24) is 14.7 Å². The SMILES string of the molecule is CC1CCN(C(=O)c2nn(-c3ccccc3)c3c2CCC3)CC1O. The number of likely N-dealkylation sites (tertiary alicyclic amines) is 1. The van der Waals surface area contributed by atoms with Gasteiger partial charge in [-0.1, -0.05) is 25.1 Å². The highest BCUT2D eigenvalue weighted by atomic mass is 16.3. The van der Waals surface area contributed by atoms with Crippen molar-refractivity contribution in [3.05, 3.63) is 47.3 Å². The van der Waals surface area contributed by atoms with Gasteiger partial charge in [0, 0.05) is 24.3 Å². The summed E-state index contributed by atoms with van der Waals surface area (Å²) in [5, 5.41) is 14.8. The molecule has 0 radical (unpaired) electrons. The predicted octanol–water partition coefficient (Wildman–Crippen LogP) is 2.20. The van der Waals surface area contributed by atoms with Crippen LogP contribution < -0.4 is 0 Å². The molecule has 1 aromatic carbocycles. The Morgan fingerprint density at radius 3 is 2.79 bits per heavy atom. The second kappa shape index (κ2) is 6.06. The molecule has 2 atom stereocenters. The Kier molecular flexibility index (Phi) is 3.88. The van der Waals surface area contributed by atoms with E-state index in [1.807, 2.05) is 41.9 Å². The lowest BCUT2D eigenvalue weighted by molar-refractivity contribution is 0.0244. The van der Waals surface area contributed by atoms with Crippen molar-refractivity contribution in [2.75, 3.05) is 13.1 Å². The largest absolute Gasteiger partial charge is 0.391 e. The number of hydrogen-bond acceptors (Lipinski definition) is 3. The Bertz CT molecular complexity index is 753. The minimum absolute atomic E-state index is 0.0335. The molecule has 1 saturated heterocycles. The van der Waals surface area contributed by atoms with Crippen LogP contribution in [0.5, 0.6) is 0 Å². The number of carbonyl (C=O) groups excluding carboxylic acids is 1. The summed E-state index contributed by atoms with van der Waals surface area (Å²) < 4.78 is 1.93. The molecule has 2 aliphatic rings. The molecule has 0 spiro atoms. The summed E-state index contributed by atoms with van der Waals surface area (Å²) >= 11 is 0. The monoisotopic (exact) mass is 325 g/mol. The Balaban J connectivity index is 1.68. The maximum absolute atomic E-state index is 13.0. The highest BCUT2D eigenvalue weighted by Crippen LogP contribution is 2.29. The summed E-state index contributed by atoms with van der Waals surface area (Å²) in [5.41, 5.74) is 3.84. The number of aliphatic hydroxyl groups is 1. The van der Waals surface area contributed by atoms with Crippen LogP contribution in [0.4, 0.5) is 0 Å². The molecule has 2 aromatic rings. The van der Waals surface area contributed by atoms with E-state index >= 15 is 0 Å². The Labute approximate surface area is 141 Å². The third-order valence-electron chi connectivity index (χ3n) is 5.34. The van der Waals surface area contributed by atoms with Crippen LogP contribution in [0.1, 0.15) is 41.5 Å². The molecule has 5 heteroatoms. The van der Waals surface area contributed by atoms with Crippen molar-refractivity contribution >= 4 is 5.91 Å². The summed E-state index contributed by atoms with van der Waals surface area (Å²) in [6.45, 7) is 3.14. The smallest absolute Gasteiger partial charge is 0.274 e. The van der Waals surface area contributed by atoms with Gasteiger partial charge in [-0.15, -0.1) is 0 Å². The number of β-amino-alcohol motifs (C(OH)–C–C–N with tert-alkyl or cyclic N) is 1. The van der Waals surface area contributed by atoms with Gasteiger partial charge in [0.2, 0.25) is 0 Å². The normalized spacial score (nSPS) is 23.3. The standard InChI is InChI=1S/C19H23N3O2/c1-13-10-11-21(12-17(13)23)19(24)18-15-8-5-9-16(15)22(20-18)14-6-3-2-4-7-14/h2-4,6-7,13,17,23H,5,8-12H2,1H3. The van der Waals surface area contributed by atoms with Crippen molar-refractivity contribution < 1.29 is 9.90 Å². The van der Waals surface area contributed by atoms with Crippen LogP contribution >= 0.6 is 0 Å². The molecule has 2 unspecified atom stereocenters. The van der Waals surface area contributed by atoms with Gasteiger partial charge in [-0.05, 0) is 43.7 Å². The first-order chi connectivity index (χ1) is 11.6. The van der Waals surface area contributed by atoms with E-state index < -0.39 is 6.10 Å². The molecule has 0 saturated carbocycles. The van der Waals surface area contributed by atoms with Crippen molar-refractivity contribution in [2.45, 2.75) is 38.7 Å². The maximum atomic E-state index is 13.0. The van der Waals surface area contributed by atoms with Gasteiger partial charge in [0.25, 0.3) is 5.91 Å². The number of amides is 1. The van der Waals surface area contributed by atoms with Crippen LogP contribution in [0, 0.1) is 5.92 Å². The number of hydrogen-bond donors (Lipinski definition) is 1. The fourth-order valence-corrected chi connectivity index (χ4v) is 3.78. The van der Waals surface area contributed by atoms with Crippen molar-refractivity contribution in [3.8, 4) is 5.69 Å². The topological polar surface area (TPSA) is 58.4 Å². The van der Waals surface area contributed by atoms with E-state index in [4.69, 9.17) is 0 Å². The minimum atomic E-state index is -0.438. The third kappa shape index (κ3) is 2.53. The van der Waals surface area contributed by atoms with Gasteiger partial charge in [-0.3, -0.25) is 4.79 Å². The van der Waals surface area contributed by atoms with Crippen LogP contribution in [0.15, 0.2) is 30.3 Å². The van der Waals surface area contributed by atoms with Gasteiger partial charge in [-0.2, -0.15) is 5.10 Å². The molecule has 0 bridgehead atoms. The first-order valence-electron chi connectivity index (χ1n) is 8.78. The molecule has 1 fully saturated rings. The quantitative estimate of drug-likeness (QED) is 0.921. The van der Waals surface area contributed by atoms with E-state index in [0.717, 1.165) is 42.6 Å². The number of nitrogens with zero attached hydrogens (tertiary/aromatic N) is 3. The molecule has 1 amide bonds.